The average Bonchev–Trinajstić information content (AvgIpc) is 2.73. The number of para-hydroxylation sites is 1. The van der Waals surface area contributed by atoms with E-state index < -0.39 is 44.0 Å². The van der Waals surface area contributed by atoms with E-state index in [1.54, 1.807) is 20.8 Å². The third-order valence-corrected chi connectivity index (χ3v) is 6.00. The number of hydrogen-bond donors (Lipinski definition) is 0. The molecule has 0 spiro atoms. The van der Waals surface area contributed by atoms with Crippen LogP contribution in [-0.2, 0) is 24.3 Å². The number of hydrogen-bond acceptors (Lipinski definition) is 8. The molecule has 0 heterocycles. The van der Waals surface area contributed by atoms with Crippen LogP contribution in [0.3, 0.4) is 0 Å². The first kappa shape index (κ1) is 23.8. The van der Waals surface area contributed by atoms with Crippen LogP contribution in [0.4, 0.5) is 11.4 Å². The highest BCUT2D eigenvalue weighted by Gasteiger charge is 2.34. The van der Waals surface area contributed by atoms with Gasteiger partial charge in [-0.2, -0.15) is 0 Å². The highest BCUT2D eigenvalue weighted by Crippen LogP contribution is 2.32. The first-order valence-corrected chi connectivity index (χ1v) is 10.8. The van der Waals surface area contributed by atoms with E-state index in [9.17, 15) is 28.1 Å². The molecule has 11 heteroatoms. The van der Waals surface area contributed by atoms with Crippen molar-refractivity contribution in [2.45, 2.75) is 25.7 Å². The molecular weight excluding hydrogens is 428 g/mol. The Hall–Kier alpha value is -3.47. The minimum Gasteiger partial charge on any atom is -0.465 e. The van der Waals surface area contributed by atoms with Crippen LogP contribution in [-0.4, -0.2) is 45.0 Å². The van der Waals surface area contributed by atoms with Crippen LogP contribution in [0.15, 0.2) is 47.4 Å². The Morgan fingerprint density at radius 1 is 1.06 bits per heavy atom. The maximum absolute atomic E-state index is 13.5. The summed E-state index contributed by atoms with van der Waals surface area (Å²) < 4.78 is 37.5. The van der Waals surface area contributed by atoms with Gasteiger partial charge in [0.25, 0.3) is 15.7 Å². The van der Waals surface area contributed by atoms with E-state index in [1.807, 2.05) is 0 Å². The van der Waals surface area contributed by atoms with Crippen LogP contribution in [0.25, 0.3) is 0 Å². The fourth-order valence-corrected chi connectivity index (χ4v) is 4.41. The smallest absolute Gasteiger partial charge is 0.338 e. The minimum absolute atomic E-state index is 0.00300. The Balaban J connectivity index is 2.70. The fraction of sp³-hybridized carbons (Fsp3) is 0.300. The summed E-state index contributed by atoms with van der Waals surface area (Å²) in [6.45, 7) is 4.15. The van der Waals surface area contributed by atoms with Gasteiger partial charge in [0, 0.05) is 6.07 Å². The van der Waals surface area contributed by atoms with Crippen LogP contribution in [0.1, 0.15) is 29.8 Å². The number of aryl methyl sites for hydroxylation is 1. The van der Waals surface area contributed by atoms with Gasteiger partial charge >= 0.3 is 11.9 Å². The van der Waals surface area contributed by atoms with Gasteiger partial charge in [-0.3, -0.25) is 19.2 Å². The van der Waals surface area contributed by atoms with Crippen molar-refractivity contribution >= 4 is 33.3 Å². The van der Waals surface area contributed by atoms with Crippen molar-refractivity contribution in [1.29, 1.82) is 0 Å². The molecule has 2 aromatic rings. The second kappa shape index (κ2) is 10.0. The van der Waals surface area contributed by atoms with Crippen molar-refractivity contribution in [3.63, 3.8) is 0 Å². The molecule has 0 saturated carbocycles. The van der Waals surface area contributed by atoms with Crippen molar-refractivity contribution in [1.82, 2.24) is 0 Å². The number of benzene rings is 2. The topological polar surface area (TPSA) is 133 Å². The molecule has 0 radical (unpaired) electrons. The van der Waals surface area contributed by atoms with Crippen molar-refractivity contribution < 1.29 is 32.4 Å². The standard InChI is InChI=1S/C20H22N2O8S/c1-4-29-19(23)13-21(17-12-15(11-10-14(17)3)20(24)30-5-2)31(27,28)18-9-7-6-8-16(18)22(25)26/h6-12H,4-5,13H2,1-3H3. The average molecular weight is 450 g/mol. The number of carbonyl (C=O) groups excluding carboxylic acids is 2. The van der Waals surface area contributed by atoms with Crippen LogP contribution in [0, 0.1) is 17.0 Å². The van der Waals surface area contributed by atoms with Gasteiger partial charge in [0.15, 0.2) is 4.90 Å². The Morgan fingerprint density at radius 3 is 2.32 bits per heavy atom. The van der Waals surface area contributed by atoms with E-state index in [1.165, 1.54) is 30.3 Å². The fourth-order valence-electron chi connectivity index (χ4n) is 2.79. The number of sulfonamides is 1. The van der Waals surface area contributed by atoms with Crippen molar-refractivity contribution in [3.05, 3.63) is 63.7 Å². The minimum atomic E-state index is -4.58. The maximum atomic E-state index is 13.5. The molecule has 10 nitrogen and oxygen atoms in total. The first-order valence-electron chi connectivity index (χ1n) is 9.33. The first-order chi connectivity index (χ1) is 14.6. The van der Waals surface area contributed by atoms with E-state index in [4.69, 9.17) is 9.47 Å². The zero-order valence-corrected chi connectivity index (χ0v) is 18.0. The summed E-state index contributed by atoms with van der Waals surface area (Å²) >= 11 is 0. The van der Waals surface area contributed by atoms with Gasteiger partial charge in [0.2, 0.25) is 0 Å². The molecule has 0 unspecified atom stereocenters. The summed E-state index contributed by atoms with van der Waals surface area (Å²) in [4.78, 5) is 34.3. The van der Waals surface area contributed by atoms with E-state index in [0.717, 1.165) is 12.1 Å². The number of anilines is 1. The molecule has 0 aliphatic heterocycles. The number of carbonyl (C=O) groups is 2. The Bertz CT molecular complexity index is 1100. The maximum Gasteiger partial charge on any atom is 0.338 e. The molecule has 166 valence electrons. The highest BCUT2D eigenvalue weighted by molar-refractivity contribution is 7.93. The molecule has 0 aliphatic carbocycles. The number of nitro benzene ring substituents is 1. The van der Waals surface area contributed by atoms with Crippen LogP contribution in [0.2, 0.25) is 0 Å². The molecule has 0 fully saturated rings. The molecule has 0 saturated heterocycles. The van der Waals surface area contributed by atoms with Gasteiger partial charge in [-0.15, -0.1) is 0 Å². The third-order valence-electron chi connectivity index (χ3n) is 4.20. The summed E-state index contributed by atoms with van der Waals surface area (Å²) in [5, 5.41) is 11.4. The Kier molecular flexibility index (Phi) is 7.70. The summed E-state index contributed by atoms with van der Waals surface area (Å²) in [5.41, 5.74) is -0.166. The number of rotatable bonds is 9. The van der Waals surface area contributed by atoms with E-state index >= 15 is 0 Å². The second-order valence-electron chi connectivity index (χ2n) is 6.26. The zero-order valence-electron chi connectivity index (χ0n) is 17.2. The highest BCUT2D eigenvalue weighted by atomic mass is 32.2. The van der Waals surface area contributed by atoms with E-state index in [0.29, 0.717) is 9.87 Å². The Morgan fingerprint density at radius 2 is 1.71 bits per heavy atom. The predicted octanol–water partition coefficient (Wildman–Crippen LogP) is 2.84. The van der Waals surface area contributed by atoms with Crippen LogP contribution in [0.5, 0.6) is 0 Å². The van der Waals surface area contributed by atoms with Crippen LogP contribution < -0.4 is 4.31 Å². The number of esters is 2. The molecule has 0 bridgehead atoms. The molecular formula is C20H22N2O8S. The lowest BCUT2D eigenvalue weighted by Gasteiger charge is -2.25. The third kappa shape index (κ3) is 5.37. The molecule has 0 aliphatic rings. The zero-order chi connectivity index (χ0) is 23.2. The molecule has 2 rings (SSSR count). The molecule has 0 N–H and O–H groups in total. The normalized spacial score (nSPS) is 10.9. The van der Waals surface area contributed by atoms with Gasteiger partial charge in [0.1, 0.15) is 6.54 Å². The molecule has 0 aromatic heterocycles. The molecule has 31 heavy (non-hydrogen) atoms. The van der Waals surface area contributed by atoms with Gasteiger partial charge in [0.05, 0.1) is 29.4 Å². The molecule has 0 amide bonds. The number of nitrogens with zero attached hydrogens (tertiary/aromatic N) is 2. The number of nitro groups is 1. The second-order valence-corrected chi connectivity index (χ2v) is 8.09. The van der Waals surface area contributed by atoms with Crippen molar-refractivity contribution in [3.8, 4) is 0 Å². The quantitative estimate of drug-likeness (QED) is 0.323. The monoisotopic (exact) mass is 450 g/mol. The largest absolute Gasteiger partial charge is 0.465 e. The summed E-state index contributed by atoms with van der Waals surface area (Å²) in [6, 6.07) is 9.02. The Labute approximate surface area is 179 Å². The molecule has 0 atom stereocenters. The van der Waals surface area contributed by atoms with Gasteiger partial charge in [-0.25, -0.2) is 13.2 Å². The van der Waals surface area contributed by atoms with Gasteiger partial charge in [-0.05, 0) is 44.5 Å². The summed E-state index contributed by atoms with van der Waals surface area (Å²) in [6.07, 6.45) is 0. The van der Waals surface area contributed by atoms with Gasteiger partial charge in [-0.1, -0.05) is 18.2 Å². The lowest BCUT2D eigenvalue weighted by molar-refractivity contribution is -0.387. The summed E-state index contributed by atoms with van der Waals surface area (Å²) in [7, 11) is -4.58. The lowest BCUT2D eigenvalue weighted by atomic mass is 10.1. The van der Waals surface area contributed by atoms with Crippen molar-refractivity contribution in [2.75, 3.05) is 24.1 Å². The van der Waals surface area contributed by atoms with Gasteiger partial charge < -0.3 is 9.47 Å². The molecule has 2 aromatic carbocycles. The van der Waals surface area contributed by atoms with E-state index in [2.05, 4.69) is 0 Å². The SMILES string of the molecule is CCOC(=O)CN(c1cc(C(=O)OCC)ccc1C)S(=O)(=O)c1ccccc1[N+](=O)[O-]. The van der Waals surface area contributed by atoms with E-state index in [-0.39, 0.29) is 24.5 Å². The lowest BCUT2D eigenvalue weighted by Crippen LogP contribution is -2.37. The predicted molar refractivity (Wildman–Crippen MR) is 111 cm³/mol. The number of ether oxygens (including phenoxy) is 2. The van der Waals surface area contributed by atoms with Crippen LogP contribution >= 0.6 is 0 Å². The summed E-state index contributed by atoms with van der Waals surface area (Å²) in [5.74, 6) is -1.53. The van der Waals surface area contributed by atoms with Crippen molar-refractivity contribution in [2.24, 2.45) is 0 Å².